The van der Waals surface area contributed by atoms with Gasteiger partial charge in [-0.25, -0.2) is 9.78 Å². The molecule has 42 heavy (non-hydrogen) atoms. The van der Waals surface area contributed by atoms with Crippen LogP contribution in [0.3, 0.4) is 0 Å². The summed E-state index contributed by atoms with van der Waals surface area (Å²) in [7, 11) is 0. The number of benzene rings is 2. The van der Waals surface area contributed by atoms with Gasteiger partial charge in [0, 0.05) is 20.0 Å². The molecule has 1 heterocycles. The molecule has 0 aliphatic rings. The summed E-state index contributed by atoms with van der Waals surface area (Å²) >= 11 is 0. The van der Waals surface area contributed by atoms with Crippen LogP contribution < -0.4 is 4.74 Å². The number of hydrogen-bond acceptors (Lipinski definition) is 5. The molecule has 7 nitrogen and oxygen atoms in total. The lowest BCUT2D eigenvalue weighted by Gasteiger charge is -2.27. The van der Waals surface area contributed by atoms with Gasteiger partial charge in [-0.05, 0) is 100 Å². The Kier molecular flexibility index (Phi) is 14.1. The van der Waals surface area contributed by atoms with Crippen molar-refractivity contribution in [2.24, 2.45) is 5.92 Å². The van der Waals surface area contributed by atoms with Crippen LogP contribution >= 0.6 is 0 Å². The molecule has 1 N–H and O–H groups in total. The second-order valence-electron chi connectivity index (χ2n) is 12.7. The summed E-state index contributed by atoms with van der Waals surface area (Å²) in [5.74, 6) is 2.46. The molecule has 0 atom stereocenters. The molecule has 0 saturated carbocycles. The average Bonchev–Trinajstić information content (AvgIpc) is 3.34. The molecule has 232 valence electrons. The first-order valence-corrected chi connectivity index (χ1v) is 15.5. The van der Waals surface area contributed by atoms with Crippen molar-refractivity contribution in [1.82, 2.24) is 14.9 Å². The second-order valence-corrected chi connectivity index (χ2v) is 12.7. The number of aromatic nitrogens is 2. The van der Waals surface area contributed by atoms with E-state index in [2.05, 4.69) is 74.9 Å². The highest BCUT2D eigenvalue weighted by Gasteiger charge is 2.21. The smallest absolute Gasteiger partial charge is 0.410 e. The third-order valence-electron chi connectivity index (χ3n) is 6.65. The minimum absolute atomic E-state index is 0.0403. The van der Waals surface area contributed by atoms with E-state index in [-0.39, 0.29) is 11.9 Å². The third kappa shape index (κ3) is 12.7. The molecule has 0 spiro atoms. The number of imidazole rings is 1. The molecule has 0 saturated heterocycles. The van der Waals surface area contributed by atoms with Crippen molar-refractivity contribution in [2.45, 2.75) is 106 Å². The van der Waals surface area contributed by atoms with E-state index in [4.69, 9.17) is 9.47 Å². The van der Waals surface area contributed by atoms with Gasteiger partial charge in [-0.1, -0.05) is 52.8 Å². The lowest BCUT2D eigenvalue weighted by Crippen LogP contribution is -2.38. The van der Waals surface area contributed by atoms with Gasteiger partial charge in [0.05, 0.1) is 17.6 Å². The van der Waals surface area contributed by atoms with Gasteiger partial charge in [0.2, 0.25) is 0 Å². The van der Waals surface area contributed by atoms with E-state index in [0.717, 1.165) is 68.6 Å². The number of aryl methyl sites for hydroxylation is 1. The number of ether oxygens (including phenoxy) is 2. The fourth-order valence-corrected chi connectivity index (χ4v) is 4.27. The number of hydrogen-bond donors (Lipinski definition) is 1. The molecule has 7 heteroatoms. The standard InChI is InChI=1S/C22H26N2O2.C13H27NO2/c1-15(2)18-8-6-9-19(14-18)26-12-5-4-7-17-10-11-20-21(13-17)24-22(23-20)16(3)25;1-7-9-14(10-8-11(2)3)12(15)16-13(4,5)6/h6,8-11,13-15H,4-5,7,12H2,1-3H3,(H,23,24);11H,7-10H2,1-6H3. The molecule has 3 rings (SSSR count). The molecule has 0 aliphatic heterocycles. The maximum Gasteiger partial charge on any atom is 0.410 e. The number of fused-ring (bicyclic) bond motifs is 1. The summed E-state index contributed by atoms with van der Waals surface area (Å²) in [4.78, 5) is 32.5. The number of H-pyrrole nitrogens is 1. The van der Waals surface area contributed by atoms with Crippen molar-refractivity contribution >= 4 is 22.9 Å². The van der Waals surface area contributed by atoms with Crippen LogP contribution in [0.15, 0.2) is 42.5 Å². The summed E-state index contributed by atoms with van der Waals surface area (Å²) < 4.78 is 11.3. The van der Waals surface area contributed by atoms with Gasteiger partial charge < -0.3 is 19.4 Å². The zero-order valence-corrected chi connectivity index (χ0v) is 27.4. The lowest BCUT2D eigenvalue weighted by molar-refractivity contribution is 0.0242. The van der Waals surface area contributed by atoms with Crippen LogP contribution in [0.2, 0.25) is 0 Å². The van der Waals surface area contributed by atoms with Gasteiger partial charge in [-0.3, -0.25) is 4.79 Å². The SMILES string of the molecule is CC(=O)c1nc2ccc(CCCCOc3cccc(C(C)C)c3)cc2[nH]1.CCCN(CCC(C)C)C(=O)OC(C)(C)C. The first-order chi connectivity index (χ1) is 19.8. The Bertz CT molecular complexity index is 1260. The van der Waals surface area contributed by atoms with E-state index >= 15 is 0 Å². The fraction of sp³-hybridized carbons (Fsp3) is 0.571. The molecule has 0 fully saturated rings. The number of Topliss-reactive ketones (excluding diaryl/α,β-unsaturated/α-hetero) is 1. The zero-order chi connectivity index (χ0) is 31.3. The van der Waals surface area contributed by atoms with Gasteiger partial charge in [0.15, 0.2) is 11.6 Å². The van der Waals surface area contributed by atoms with Crippen molar-refractivity contribution in [1.29, 1.82) is 0 Å². The van der Waals surface area contributed by atoms with Crippen molar-refractivity contribution < 1.29 is 19.1 Å². The van der Waals surface area contributed by atoms with Crippen LogP contribution in [0.25, 0.3) is 11.0 Å². The Hall–Kier alpha value is -3.35. The predicted octanol–water partition coefficient (Wildman–Crippen LogP) is 8.97. The molecule has 0 aliphatic carbocycles. The summed E-state index contributed by atoms with van der Waals surface area (Å²) in [6.45, 7) is 20.3. The Morgan fingerprint density at radius 2 is 1.74 bits per heavy atom. The van der Waals surface area contributed by atoms with Crippen molar-refractivity contribution in [3.8, 4) is 5.75 Å². The minimum Gasteiger partial charge on any atom is -0.494 e. The van der Waals surface area contributed by atoms with Crippen LogP contribution in [0.1, 0.15) is 116 Å². The molecule has 1 amide bonds. The van der Waals surface area contributed by atoms with Gasteiger partial charge in [-0.2, -0.15) is 0 Å². The van der Waals surface area contributed by atoms with Gasteiger partial charge >= 0.3 is 6.09 Å². The minimum atomic E-state index is -0.402. The van der Waals surface area contributed by atoms with Gasteiger partial charge in [0.1, 0.15) is 11.4 Å². The van der Waals surface area contributed by atoms with Crippen molar-refractivity contribution in [3.63, 3.8) is 0 Å². The largest absolute Gasteiger partial charge is 0.494 e. The van der Waals surface area contributed by atoms with Crippen LogP contribution in [-0.4, -0.2) is 52.0 Å². The van der Waals surface area contributed by atoms with E-state index in [1.54, 1.807) is 0 Å². The van der Waals surface area contributed by atoms with Crippen molar-refractivity contribution in [2.75, 3.05) is 19.7 Å². The number of unbranched alkanes of at least 4 members (excludes halogenated alkanes) is 1. The fourth-order valence-electron chi connectivity index (χ4n) is 4.27. The quantitative estimate of drug-likeness (QED) is 0.161. The van der Waals surface area contributed by atoms with Crippen LogP contribution in [0.5, 0.6) is 5.75 Å². The maximum atomic E-state index is 11.9. The average molecular weight is 580 g/mol. The summed E-state index contributed by atoms with van der Waals surface area (Å²) in [5.41, 5.74) is 3.92. The Labute approximate surface area is 253 Å². The van der Waals surface area contributed by atoms with Crippen LogP contribution in [0, 0.1) is 5.92 Å². The van der Waals surface area contributed by atoms with E-state index < -0.39 is 5.60 Å². The van der Waals surface area contributed by atoms with E-state index in [0.29, 0.717) is 17.7 Å². The Morgan fingerprint density at radius 3 is 2.36 bits per heavy atom. The molecular formula is C35H53N3O4. The highest BCUT2D eigenvalue weighted by molar-refractivity contribution is 5.94. The number of aromatic amines is 1. The van der Waals surface area contributed by atoms with Crippen LogP contribution in [-0.2, 0) is 11.2 Å². The highest BCUT2D eigenvalue weighted by Crippen LogP contribution is 2.21. The number of rotatable bonds is 13. The predicted molar refractivity (Wildman–Crippen MR) is 173 cm³/mol. The molecular weight excluding hydrogens is 526 g/mol. The van der Waals surface area contributed by atoms with E-state index in [1.165, 1.54) is 18.1 Å². The second kappa shape index (κ2) is 16.9. The van der Waals surface area contributed by atoms with Gasteiger partial charge in [-0.15, -0.1) is 0 Å². The summed E-state index contributed by atoms with van der Waals surface area (Å²) in [6, 6.07) is 14.5. The lowest BCUT2D eigenvalue weighted by atomic mass is 10.0. The number of nitrogens with zero attached hydrogens (tertiary/aromatic N) is 2. The first kappa shape index (κ1) is 34.8. The van der Waals surface area contributed by atoms with Crippen LogP contribution in [0.4, 0.5) is 4.79 Å². The first-order valence-electron chi connectivity index (χ1n) is 15.5. The number of amides is 1. The highest BCUT2D eigenvalue weighted by atomic mass is 16.6. The Morgan fingerprint density at radius 1 is 1.00 bits per heavy atom. The molecule has 0 bridgehead atoms. The third-order valence-corrected chi connectivity index (χ3v) is 6.65. The molecule has 0 unspecified atom stereocenters. The maximum absolute atomic E-state index is 11.9. The molecule has 2 aromatic carbocycles. The number of nitrogens with one attached hydrogen (secondary N) is 1. The number of carbonyl (C=O) groups excluding carboxylic acids is 2. The topological polar surface area (TPSA) is 84.5 Å². The number of ketones is 1. The summed E-state index contributed by atoms with van der Waals surface area (Å²) in [6.07, 6.45) is 4.86. The Balaban J connectivity index is 0.000000334. The van der Waals surface area contributed by atoms with Gasteiger partial charge in [0.25, 0.3) is 0 Å². The summed E-state index contributed by atoms with van der Waals surface area (Å²) in [5, 5.41) is 0. The molecule has 1 aromatic heterocycles. The normalized spacial score (nSPS) is 11.4. The van der Waals surface area contributed by atoms with Crippen molar-refractivity contribution in [3.05, 3.63) is 59.4 Å². The molecule has 0 radical (unpaired) electrons. The molecule has 3 aromatic rings. The number of carbonyl (C=O) groups is 2. The van der Waals surface area contributed by atoms with E-state index in [9.17, 15) is 9.59 Å². The van der Waals surface area contributed by atoms with E-state index in [1.807, 2.05) is 37.8 Å². The zero-order valence-electron chi connectivity index (χ0n) is 27.4. The monoisotopic (exact) mass is 579 g/mol.